The average molecular weight is 404 g/mol. The molecule has 0 bridgehead atoms. The molecule has 0 aliphatic heterocycles. The van der Waals surface area contributed by atoms with Crippen LogP contribution in [0.1, 0.15) is 25.0 Å². The lowest BCUT2D eigenvalue weighted by Crippen LogP contribution is -2.42. The number of aliphatic hydroxyl groups excluding tert-OH is 4. The average Bonchev–Trinajstić information content (AvgIpc) is 2.73. The van der Waals surface area contributed by atoms with Gasteiger partial charge in [0.05, 0.1) is 19.3 Å². The monoisotopic (exact) mass is 403 g/mol. The lowest BCUT2D eigenvalue weighted by Gasteiger charge is -2.27. The molecular formula is C23H33NO5. The molecule has 2 aromatic carbocycles. The van der Waals surface area contributed by atoms with Crippen LogP contribution in [0.5, 0.6) is 5.75 Å². The number of rotatable bonds is 12. The first kappa shape index (κ1) is 23.3. The van der Waals surface area contributed by atoms with E-state index in [9.17, 15) is 10.2 Å². The summed E-state index contributed by atoms with van der Waals surface area (Å²) in [6.07, 6.45) is -1.69. The highest BCUT2D eigenvalue weighted by Crippen LogP contribution is 2.32. The van der Waals surface area contributed by atoms with E-state index < -0.39 is 12.2 Å². The van der Waals surface area contributed by atoms with Crippen LogP contribution < -0.4 is 4.74 Å². The van der Waals surface area contributed by atoms with Gasteiger partial charge in [-0.1, -0.05) is 56.3 Å². The van der Waals surface area contributed by atoms with Gasteiger partial charge in [0, 0.05) is 25.0 Å². The maximum absolute atomic E-state index is 10.2. The Morgan fingerprint density at radius 3 is 2.03 bits per heavy atom. The van der Waals surface area contributed by atoms with Crippen LogP contribution in [-0.4, -0.2) is 77.0 Å². The Morgan fingerprint density at radius 2 is 1.45 bits per heavy atom. The smallest absolute Gasteiger partial charge is 0.119 e. The Morgan fingerprint density at radius 1 is 0.862 bits per heavy atom. The molecule has 29 heavy (non-hydrogen) atoms. The van der Waals surface area contributed by atoms with Gasteiger partial charge < -0.3 is 25.2 Å². The second-order valence-corrected chi connectivity index (χ2v) is 7.80. The first-order chi connectivity index (χ1) is 13.9. The molecule has 0 heterocycles. The van der Waals surface area contributed by atoms with Crippen LogP contribution in [0.3, 0.4) is 0 Å². The summed E-state index contributed by atoms with van der Waals surface area (Å²) in [7, 11) is 0. The van der Waals surface area contributed by atoms with Crippen molar-refractivity contribution in [1.82, 2.24) is 4.90 Å². The fraction of sp³-hybridized carbons (Fsp3) is 0.478. The van der Waals surface area contributed by atoms with Crippen LogP contribution in [0.15, 0.2) is 54.6 Å². The van der Waals surface area contributed by atoms with E-state index in [-0.39, 0.29) is 38.3 Å². The van der Waals surface area contributed by atoms with Gasteiger partial charge in [-0.25, -0.2) is 0 Å². The van der Waals surface area contributed by atoms with Crippen molar-refractivity contribution in [3.05, 3.63) is 65.7 Å². The van der Waals surface area contributed by atoms with Crippen molar-refractivity contribution in [3.8, 4) is 5.75 Å². The molecule has 160 valence electrons. The Kier molecular flexibility index (Phi) is 9.07. The first-order valence-corrected chi connectivity index (χ1v) is 9.96. The van der Waals surface area contributed by atoms with Crippen molar-refractivity contribution >= 4 is 0 Å². The van der Waals surface area contributed by atoms with Crippen LogP contribution >= 0.6 is 0 Å². The molecule has 0 spiro atoms. The minimum absolute atomic E-state index is 0.0929. The summed E-state index contributed by atoms with van der Waals surface area (Å²) in [6.45, 7) is 4.71. The minimum Gasteiger partial charge on any atom is -0.491 e. The van der Waals surface area contributed by atoms with Gasteiger partial charge in [-0.05, 0) is 23.3 Å². The van der Waals surface area contributed by atoms with E-state index in [1.165, 1.54) is 11.1 Å². The number of benzene rings is 2. The normalized spacial score (nSPS) is 14.0. The van der Waals surface area contributed by atoms with Crippen LogP contribution in [0.25, 0.3) is 0 Å². The maximum Gasteiger partial charge on any atom is 0.119 e. The number of ether oxygens (including phenoxy) is 1. The SMILES string of the molecule is CC(C)(c1ccccc1)c1ccc(OCC(O)CN(CCO)CC(O)CO)cc1. The predicted molar refractivity (Wildman–Crippen MR) is 113 cm³/mol. The summed E-state index contributed by atoms with van der Waals surface area (Å²) in [4.78, 5) is 1.69. The molecule has 4 N–H and O–H groups in total. The van der Waals surface area contributed by atoms with E-state index >= 15 is 0 Å². The second-order valence-electron chi connectivity index (χ2n) is 7.80. The fourth-order valence-corrected chi connectivity index (χ4v) is 3.29. The van der Waals surface area contributed by atoms with E-state index in [1.807, 2.05) is 42.5 Å². The lowest BCUT2D eigenvalue weighted by atomic mass is 9.78. The van der Waals surface area contributed by atoms with Gasteiger partial charge in [0.2, 0.25) is 0 Å². The third kappa shape index (κ3) is 7.10. The Balaban J connectivity index is 1.91. The molecule has 0 radical (unpaired) electrons. The zero-order valence-corrected chi connectivity index (χ0v) is 17.2. The van der Waals surface area contributed by atoms with Crippen molar-refractivity contribution in [2.24, 2.45) is 0 Å². The second kappa shape index (κ2) is 11.3. The molecule has 0 aliphatic rings. The van der Waals surface area contributed by atoms with Crippen molar-refractivity contribution in [2.45, 2.75) is 31.5 Å². The molecule has 2 rings (SSSR count). The van der Waals surface area contributed by atoms with E-state index in [4.69, 9.17) is 14.9 Å². The lowest BCUT2D eigenvalue weighted by molar-refractivity contribution is 0.0216. The third-order valence-corrected chi connectivity index (χ3v) is 5.08. The van der Waals surface area contributed by atoms with Crippen LogP contribution in [0, 0.1) is 0 Å². The van der Waals surface area contributed by atoms with Crippen molar-refractivity contribution < 1.29 is 25.2 Å². The van der Waals surface area contributed by atoms with Crippen molar-refractivity contribution in [3.63, 3.8) is 0 Å². The highest BCUT2D eigenvalue weighted by Gasteiger charge is 2.22. The Labute approximate surface area is 173 Å². The van der Waals surface area contributed by atoms with Crippen LogP contribution in [0.2, 0.25) is 0 Å². The molecule has 6 heteroatoms. The van der Waals surface area contributed by atoms with Crippen molar-refractivity contribution in [2.75, 3.05) is 39.5 Å². The summed E-state index contributed by atoms with van der Waals surface area (Å²) in [5.74, 6) is 0.667. The summed E-state index contributed by atoms with van der Waals surface area (Å²) in [5, 5.41) is 37.9. The van der Waals surface area contributed by atoms with E-state index in [0.29, 0.717) is 12.3 Å². The molecule has 0 aliphatic carbocycles. The van der Waals surface area contributed by atoms with Crippen LogP contribution in [0.4, 0.5) is 0 Å². The molecule has 6 nitrogen and oxygen atoms in total. The maximum atomic E-state index is 10.2. The summed E-state index contributed by atoms with van der Waals surface area (Å²) in [6, 6.07) is 18.2. The van der Waals surface area contributed by atoms with E-state index in [1.54, 1.807) is 4.90 Å². The fourth-order valence-electron chi connectivity index (χ4n) is 3.29. The van der Waals surface area contributed by atoms with Gasteiger partial charge >= 0.3 is 0 Å². The molecular weight excluding hydrogens is 370 g/mol. The zero-order valence-electron chi connectivity index (χ0n) is 17.2. The molecule has 0 aromatic heterocycles. The topological polar surface area (TPSA) is 93.4 Å². The van der Waals surface area contributed by atoms with Gasteiger partial charge in [0.15, 0.2) is 0 Å². The highest BCUT2D eigenvalue weighted by atomic mass is 16.5. The highest BCUT2D eigenvalue weighted by molar-refractivity contribution is 5.39. The first-order valence-electron chi connectivity index (χ1n) is 9.96. The molecule has 0 fully saturated rings. The zero-order chi connectivity index (χ0) is 21.3. The van der Waals surface area contributed by atoms with Gasteiger partial charge in [-0.15, -0.1) is 0 Å². The van der Waals surface area contributed by atoms with E-state index in [0.717, 1.165) is 0 Å². The summed E-state index contributed by atoms with van der Waals surface area (Å²) >= 11 is 0. The Hall–Kier alpha value is -1.96. The van der Waals surface area contributed by atoms with Gasteiger partial charge in [-0.3, -0.25) is 4.90 Å². The van der Waals surface area contributed by atoms with Gasteiger partial charge in [-0.2, -0.15) is 0 Å². The van der Waals surface area contributed by atoms with Gasteiger partial charge in [0.25, 0.3) is 0 Å². The number of aliphatic hydroxyl groups is 4. The molecule has 2 unspecified atom stereocenters. The number of nitrogens with zero attached hydrogens (tertiary/aromatic N) is 1. The minimum atomic E-state index is -0.907. The Bertz CT molecular complexity index is 705. The van der Waals surface area contributed by atoms with E-state index in [2.05, 4.69) is 26.0 Å². The molecule has 0 amide bonds. The summed E-state index contributed by atoms with van der Waals surface area (Å²) < 4.78 is 5.70. The van der Waals surface area contributed by atoms with Crippen molar-refractivity contribution in [1.29, 1.82) is 0 Å². The molecule has 2 atom stereocenters. The molecule has 0 saturated carbocycles. The molecule has 0 saturated heterocycles. The molecule has 2 aromatic rings. The van der Waals surface area contributed by atoms with Crippen LogP contribution in [-0.2, 0) is 5.41 Å². The number of hydrogen-bond acceptors (Lipinski definition) is 6. The summed E-state index contributed by atoms with van der Waals surface area (Å²) in [5.41, 5.74) is 2.28. The van der Waals surface area contributed by atoms with Gasteiger partial charge in [0.1, 0.15) is 18.5 Å². The quantitative estimate of drug-likeness (QED) is 0.428. The third-order valence-electron chi connectivity index (χ3n) is 5.08. The largest absolute Gasteiger partial charge is 0.491 e. The standard InChI is InChI=1S/C23H33NO5/c1-23(2,18-6-4-3-5-7-18)19-8-10-22(11-9-19)29-17-21(28)15-24(12-13-25)14-20(27)16-26/h3-11,20-21,25-28H,12-17H2,1-2H3. The predicted octanol–water partition coefficient (Wildman–Crippen LogP) is 1.40. The number of hydrogen-bond donors (Lipinski definition) is 4.